The third-order valence-corrected chi connectivity index (χ3v) is 3.99. The third-order valence-electron chi connectivity index (χ3n) is 3.20. The van der Waals surface area contributed by atoms with E-state index in [-0.39, 0.29) is 0 Å². The van der Waals surface area contributed by atoms with Gasteiger partial charge in [0.05, 0.1) is 32.9 Å². The molecule has 0 fully saturated rings. The molecule has 0 unspecified atom stereocenters. The minimum absolute atomic E-state index is 0.525. The summed E-state index contributed by atoms with van der Waals surface area (Å²) in [6.07, 6.45) is 0. The van der Waals surface area contributed by atoms with E-state index in [9.17, 15) is 0 Å². The lowest BCUT2D eigenvalue weighted by Crippen LogP contribution is -1.97. The van der Waals surface area contributed by atoms with Crippen molar-refractivity contribution < 1.29 is 18.9 Å². The summed E-state index contributed by atoms with van der Waals surface area (Å²) in [5.74, 6) is 8.65. The highest BCUT2D eigenvalue weighted by Gasteiger charge is 2.18. The van der Waals surface area contributed by atoms with Crippen LogP contribution >= 0.6 is 15.9 Å². The molecule has 120 valence electrons. The maximum atomic E-state index is 5.40. The molecular formula is C18H17BrO4. The zero-order valence-electron chi connectivity index (χ0n) is 13.4. The molecule has 5 heteroatoms. The Hall–Kier alpha value is -2.32. The number of methoxy groups -OCH3 is 4. The first-order valence-electron chi connectivity index (χ1n) is 6.79. The molecule has 23 heavy (non-hydrogen) atoms. The molecule has 0 aromatic heterocycles. The summed E-state index contributed by atoms with van der Waals surface area (Å²) in [4.78, 5) is 0. The largest absolute Gasteiger partial charge is 0.497 e. The second-order valence-corrected chi connectivity index (χ2v) is 5.28. The summed E-state index contributed by atoms with van der Waals surface area (Å²) in [6, 6.07) is 9.35. The molecule has 0 N–H and O–H groups in total. The van der Waals surface area contributed by atoms with Gasteiger partial charge in [0.1, 0.15) is 5.75 Å². The second kappa shape index (κ2) is 7.80. The maximum Gasteiger partial charge on any atom is 0.204 e. The van der Waals surface area contributed by atoms with Crippen LogP contribution in [0.3, 0.4) is 0 Å². The smallest absolute Gasteiger partial charge is 0.204 e. The molecule has 0 heterocycles. The lowest BCUT2D eigenvalue weighted by molar-refractivity contribution is 0.323. The van der Waals surface area contributed by atoms with Gasteiger partial charge in [-0.15, -0.1) is 0 Å². The highest BCUT2D eigenvalue weighted by atomic mass is 79.9. The second-order valence-electron chi connectivity index (χ2n) is 4.49. The molecule has 2 aromatic rings. The first-order valence-corrected chi connectivity index (χ1v) is 7.58. The Kier molecular flexibility index (Phi) is 5.78. The Balaban J connectivity index is 2.45. The van der Waals surface area contributed by atoms with Crippen LogP contribution < -0.4 is 18.9 Å². The van der Waals surface area contributed by atoms with Crippen molar-refractivity contribution in [3.63, 3.8) is 0 Å². The van der Waals surface area contributed by atoms with Gasteiger partial charge in [-0.3, -0.25) is 0 Å². The van der Waals surface area contributed by atoms with Gasteiger partial charge in [-0.25, -0.2) is 0 Å². The highest BCUT2D eigenvalue weighted by Crippen LogP contribution is 2.44. The van der Waals surface area contributed by atoms with Crippen molar-refractivity contribution in [1.29, 1.82) is 0 Å². The molecule has 0 saturated carbocycles. The molecular weight excluding hydrogens is 360 g/mol. The van der Waals surface area contributed by atoms with E-state index in [4.69, 9.17) is 18.9 Å². The monoisotopic (exact) mass is 376 g/mol. The number of halogens is 1. The fourth-order valence-electron chi connectivity index (χ4n) is 2.03. The van der Waals surface area contributed by atoms with Crippen LogP contribution in [0.2, 0.25) is 0 Å². The number of ether oxygens (including phenoxy) is 4. The van der Waals surface area contributed by atoms with Gasteiger partial charge < -0.3 is 18.9 Å². The highest BCUT2D eigenvalue weighted by molar-refractivity contribution is 9.10. The number of hydrogen-bond donors (Lipinski definition) is 0. The first kappa shape index (κ1) is 17.0. The van der Waals surface area contributed by atoms with E-state index in [1.165, 1.54) is 0 Å². The van der Waals surface area contributed by atoms with Crippen molar-refractivity contribution >= 4 is 15.9 Å². The van der Waals surface area contributed by atoms with Crippen molar-refractivity contribution in [2.24, 2.45) is 0 Å². The Morgan fingerprint density at radius 3 is 1.96 bits per heavy atom. The van der Waals surface area contributed by atoms with Crippen molar-refractivity contribution in [2.75, 3.05) is 28.4 Å². The maximum absolute atomic E-state index is 5.40. The van der Waals surface area contributed by atoms with Crippen molar-refractivity contribution in [2.45, 2.75) is 0 Å². The number of rotatable bonds is 4. The summed E-state index contributed by atoms with van der Waals surface area (Å²) in [5.41, 5.74) is 1.63. The predicted molar refractivity (Wildman–Crippen MR) is 92.8 cm³/mol. The molecule has 0 saturated heterocycles. The average Bonchev–Trinajstić information content (AvgIpc) is 2.60. The van der Waals surface area contributed by atoms with Gasteiger partial charge in [0.2, 0.25) is 5.75 Å². The summed E-state index contributed by atoms with van der Waals surface area (Å²) in [5, 5.41) is 0. The summed E-state index contributed by atoms with van der Waals surface area (Å²) in [6.45, 7) is 0. The minimum atomic E-state index is 0.525. The molecule has 0 aliphatic carbocycles. The first-order chi connectivity index (χ1) is 11.1. The zero-order chi connectivity index (χ0) is 16.8. The molecule has 0 amide bonds. The molecule has 0 radical (unpaired) electrons. The Morgan fingerprint density at radius 1 is 0.783 bits per heavy atom. The van der Waals surface area contributed by atoms with Crippen LogP contribution in [-0.2, 0) is 0 Å². The van der Waals surface area contributed by atoms with Crippen LogP contribution in [-0.4, -0.2) is 28.4 Å². The summed E-state index contributed by atoms with van der Waals surface area (Å²) >= 11 is 3.51. The lowest BCUT2D eigenvalue weighted by Gasteiger charge is -2.14. The van der Waals surface area contributed by atoms with Crippen LogP contribution in [0.15, 0.2) is 34.8 Å². The van der Waals surface area contributed by atoms with Gasteiger partial charge in [-0.1, -0.05) is 11.8 Å². The van der Waals surface area contributed by atoms with Crippen molar-refractivity contribution in [3.05, 3.63) is 45.9 Å². The Labute approximate surface area is 144 Å². The molecule has 0 aliphatic rings. The van der Waals surface area contributed by atoms with E-state index in [1.54, 1.807) is 28.4 Å². The van der Waals surface area contributed by atoms with Gasteiger partial charge in [-0.2, -0.15) is 0 Å². The molecule has 0 bridgehead atoms. The Bertz CT molecular complexity index is 742. The molecule has 4 nitrogen and oxygen atoms in total. The van der Waals surface area contributed by atoms with Gasteiger partial charge >= 0.3 is 0 Å². The fourth-order valence-corrected chi connectivity index (χ4v) is 2.58. The number of hydrogen-bond acceptors (Lipinski definition) is 4. The molecule has 0 aliphatic heterocycles. The summed E-state index contributed by atoms with van der Waals surface area (Å²) in [7, 11) is 6.35. The van der Waals surface area contributed by atoms with Crippen LogP contribution in [0.1, 0.15) is 11.1 Å². The van der Waals surface area contributed by atoms with Crippen molar-refractivity contribution in [3.8, 4) is 34.8 Å². The topological polar surface area (TPSA) is 36.9 Å². The van der Waals surface area contributed by atoms with Gasteiger partial charge in [0, 0.05) is 17.2 Å². The quantitative estimate of drug-likeness (QED) is 0.758. The SMILES string of the molecule is COc1ccc(C#Cc2cc(OC)c(OC)c(OC)c2Br)cc1. The molecule has 2 rings (SSSR count). The van der Waals surface area contributed by atoms with E-state index in [1.807, 2.05) is 30.3 Å². The lowest BCUT2D eigenvalue weighted by atomic mass is 10.1. The average molecular weight is 377 g/mol. The van der Waals surface area contributed by atoms with E-state index in [0.29, 0.717) is 17.2 Å². The standard InChI is InChI=1S/C18H17BrO4/c1-20-14-9-6-12(7-10-14)5-8-13-11-15(21-2)17(22-3)18(23-4)16(13)19/h6-7,9-11H,1-4H3. The summed E-state index contributed by atoms with van der Waals surface area (Å²) < 4.78 is 21.9. The van der Waals surface area contributed by atoms with E-state index in [2.05, 4.69) is 27.8 Å². The number of benzene rings is 2. The molecule has 0 spiro atoms. The molecule has 0 atom stereocenters. The van der Waals surface area contributed by atoms with Crippen LogP contribution in [0.5, 0.6) is 23.0 Å². The van der Waals surface area contributed by atoms with Gasteiger partial charge in [0.15, 0.2) is 11.5 Å². The minimum Gasteiger partial charge on any atom is -0.497 e. The van der Waals surface area contributed by atoms with Crippen LogP contribution in [0.4, 0.5) is 0 Å². The van der Waals surface area contributed by atoms with Gasteiger partial charge in [0.25, 0.3) is 0 Å². The zero-order valence-corrected chi connectivity index (χ0v) is 15.0. The van der Waals surface area contributed by atoms with Gasteiger partial charge in [-0.05, 0) is 40.2 Å². The van der Waals surface area contributed by atoms with E-state index < -0.39 is 0 Å². The van der Waals surface area contributed by atoms with Crippen LogP contribution in [0.25, 0.3) is 0 Å². The normalized spacial score (nSPS) is 9.61. The van der Waals surface area contributed by atoms with Crippen LogP contribution in [0, 0.1) is 11.8 Å². The third kappa shape index (κ3) is 3.72. The van der Waals surface area contributed by atoms with E-state index >= 15 is 0 Å². The Morgan fingerprint density at radius 2 is 1.43 bits per heavy atom. The van der Waals surface area contributed by atoms with E-state index in [0.717, 1.165) is 21.3 Å². The predicted octanol–water partition coefficient (Wildman–Crippen LogP) is 3.88. The van der Waals surface area contributed by atoms with Crippen molar-refractivity contribution in [1.82, 2.24) is 0 Å². The molecule has 2 aromatic carbocycles. The fraction of sp³-hybridized carbons (Fsp3) is 0.222.